The molecule has 1 fully saturated rings. The number of ether oxygens (including phenoxy) is 1. The summed E-state index contributed by atoms with van der Waals surface area (Å²) in [6, 6.07) is 5.56. The van der Waals surface area contributed by atoms with E-state index in [9.17, 15) is 4.79 Å². The van der Waals surface area contributed by atoms with Crippen LogP contribution in [-0.2, 0) is 11.8 Å². The highest BCUT2D eigenvalue weighted by atomic mass is 16.5. The second kappa shape index (κ2) is 7.13. The summed E-state index contributed by atoms with van der Waals surface area (Å²) < 4.78 is 7.28. The zero-order chi connectivity index (χ0) is 17.1. The molecule has 0 saturated carbocycles. The Balaban J connectivity index is 2.02. The lowest BCUT2D eigenvalue weighted by Crippen LogP contribution is -2.48. The predicted octanol–water partition coefficient (Wildman–Crippen LogP) is 2.09. The first-order valence-electron chi connectivity index (χ1n) is 8.39. The zero-order valence-electron chi connectivity index (χ0n) is 14.5. The summed E-state index contributed by atoms with van der Waals surface area (Å²) >= 11 is 0. The number of pyridine rings is 1. The average molecular weight is 328 g/mol. The number of hydrogen-bond acceptors (Lipinski definition) is 5. The molecule has 3 heterocycles. The third-order valence-electron chi connectivity index (χ3n) is 4.32. The Bertz CT molecular complexity index is 742. The van der Waals surface area contributed by atoms with Gasteiger partial charge in [-0.1, -0.05) is 13.8 Å². The van der Waals surface area contributed by atoms with Crippen LogP contribution in [0.3, 0.4) is 0 Å². The highest BCUT2D eigenvalue weighted by Gasteiger charge is 2.27. The van der Waals surface area contributed by atoms with E-state index in [0.717, 1.165) is 18.5 Å². The van der Waals surface area contributed by atoms with Gasteiger partial charge in [0, 0.05) is 37.6 Å². The summed E-state index contributed by atoms with van der Waals surface area (Å²) in [6.07, 6.45) is 4.43. The van der Waals surface area contributed by atoms with Crippen molar-refractivity contribution >= 4 is 5.95 Å². The number of rotatable bonds is 4. The van der Waals surface area contributed by atoms with Gasteiger partial charge in [0.25, 0.3) is 5.56 Å². The van der Waals surface area contributed by atoms with Gasteiger partial charge in [0.2, 0.25) is 5.95 Å². The zero-order valence-corrected chi connectivity index (χ0v) is 14.5. The third-order valence-corrected chi connectivity index (χ3v) is 4.32. The monoisotopic (exact) mass is 328 g/mol. The summed E-state index contributed by atoms with van der Waals surface area (Å²) in [5.41, 5.74) is 1.53. The molecule has 6 nitrogen and oxygen atoms in total. The quantitative estimate of drug-likeness (QED) is 0.860. The lowest BCUT2D eigenvalue weighted by Gasteiger charge is -2.38. The molecule has 0 N–H and O–H groups in total. The van der Waals surface area contributed by atoms with Crippen molar-refractivity contribution in [3.05, 3.63) is 40.9 Å². The molecular weight excluding hydrogens is 304 g/mol. The molecule has 24 heavy (non-hydrogen) atoms. The minimum atomic E-state index is -0.0541. The normalized spacial score (nSPS) is 18.2. The molecule has 2 aromatic rings. The van der Waals surface area contributed by atoms with Gasteiger partial charge in [-0.05, 0) is 24.5 Å². The molecular formula is C18H24N4O2. The molecule has 0 unspecified atom stereocenters. The van der Waals surface area contributed by atoms with Gasteiger partial charge in [-0.3, -0.25) is 14.3 Å². The minimum Gasteiger partial charge on any atom is -0.377 e. The fraction of sp³-hybridized carbons (Fsp3) is 0.500. The van der Waals surface area contributed by atoms with E-state index in [4.69, 9.17) is 9.72 Å². The highest BCUT2D eigenvalue weighted by molar-refractivity contribution is 5.59. The molecule has 2 aromatic heterocycles. The number of nitrogens with zero attached hydrogens (tertiary/aromatic N) is 4. The smallest absolute Gasteiger partial charge is 0.255 e. The van der Waals surface area contributed by atoms with Crippen LogP contribution in [0.5, 0.6) is 0 Å². The van der Waals surface area contributed by atoms with Crippen molar-refractivity contribution < 1.29 is 4.74 Å². The van der Waals surface area contributed by atoms with Crippen molar-refractivity contribution in [1.29, 1.82) is 0 Å². The molecule has 1 aliphatic heterocycles. The lowest BCUT2D eigenvalue weighted by molar-refractivity contribution is 0.0864. The fourth-order valence-electron chi connectivity index (χ4n) is 3.11. The van der Waals surface area contributed by atoms with Crippen LogP contribution >= 0.6 is 0 Å². The van der Waals surface area contributed by atoms with Crippen molar-refractivity contribution in [2.24, 2.45) is 13.0 Å². The molecule has 1 atom stereocenters. The Hall–Kier alpha value is -2.21. The average Bonchev–Trinajstić information content (AvgIpc) is 2.58. The van der Waals surface area contributed by atoms with Crippen molar-refractivity contribution in [2.45, 2.75) is 26.3 Å². The maximum atomic E-state index is 12.5. The molecule has 0 amide bonds. The molecule has 0 spiro atoms. The summed E-state index contributed by atoms with van der Waals surface area (Å²) in [4.78, 5) is 23.5. The molecule has 6 heteroatoms. The summed E-state index contributed by atoms with van der Waals surface area (Å²) in [5.74, 6) is 1.27. The molecule has 1 saturated heterocycles. The van der Waals surface area contributed by atoms with Crippen LogP contribution in [0, 0.1) is 5.92 Å². The molecule has 1 aliphatic rings. The molecule has 3 rings (SSSR count). The first kappa shape index (κ1) is 16.6. The van der Waals surface area contributed by atoms with E-state index in [1.165, 1.54) is 0 Å². The van der Waals surface area contributed by atoms with Crippen molar-refractivity contribution in [1.82, 2.24) is 14.5 Å². The standard InChI is InChI=1S/C18H24N4O2/c1-13(2)10-15-12-24-9-8-22(15)18-20-16(11-17(23)21(18)3)14-4-6-19-7-5-14/h4-7,11,13,15H,8-10,12H2,1-3H3/t15-/m1/s1. The Morgan fingerprint density at radius 1 is 1.33 bits per heavy atom. The van der Waals surface area contributed by atoms with Gasteiger partial charge in [-0.2, -0.15) is 0 Å². The van der Waals surface area contributed by atoms with Crippen LogP contribution in [-0.4, -0.2) is 40.3 Å². The molecule has 0 aromatic carbocycles. The fourth-order valence-corrected chi connectivity index (χ4v) is 3.11. The topological polar surface area (TPSA) is 60.2 Å². The van der Waals surface area contributed by atoms with Crippen LogP contribution in [0.2, 0.25) is 0 Å². The maximum Gasteiger partial charge on any atom is 0.255 e. The van der Waals surface area contributed by atoms with Crippen LogP contribution in [0.25, 0.3) is 11.3 Å². The van der Waals surface area contributed by atoms with Crippen LogP contribution < -0.4 is 10.5 Å². The van der Waals surface area contributed by atoms with E-state index in [0.29, 0.717) is 30.8 Å². The summed E-state index contributed by atoms with van der Waals surface area (Å²) in [5, 5.41) is 0. The van der Waals surface area contributed by atoms with E-state index in [1.54, 1.807) is 30.1 Å². The lowest BCUT2D eigenvalue weighted by atomic mass is 10.0. The largest absolute Gasteiger partial charge is 0.377 e. The van der Waals surface area contributed by atoms with E-state index in [2.05, 4.69) is 23.7 Å². The number of hydrogen-bond donors (Lipinski definition) is 0. The number of morpholine rings is 1. The van der Waals surface area contributed by atoms with E-state index in [-0.39, 0.29) is 11.6 Å². The maximum absolute atomic E-state index is 12.5. The van der Waals surface area contributed by atoms with Crippen LogP contribution in [0.15, 0.2) is 35.4 Å². The number of aromatic nitrogens is 3. The first-order valence-corrected chi connectivity index (χ1v) is 8.39. The van der Waals surface area contributed by atoms with Gasteiger partial charge in [0.1, 0.15) is 0 Å². The molecule has 0 aliphatic carbocycles. The van der Waals surface area contributed by atoms with Crippen molar-refractivity contribution in [2.75, 3.05) is 24.7 Å². The molecule has 128 valence electrons. The van der Waals surface area contributed by atoms with Gasteiger partial charge < -0.3 is 9.64 Å². The highest BCUT2D eigenvalue weighted by Crippen LogP contribution is 2.23. The van der Waals surface area contributed by atoms with Crippen LogP contribution in [0.4, 0.5) is 5.95 Å². The van der Waals surface area contributed by atoms with Crippen molar-refractivity contribution in [3.8, 4) is 11.3 Å². The van der Waals surface area contributed by atoms with E-state index in [1.807, 2.05) is 12.1 Å². The second-order valence-corrected chi connectivity index (χ2v) is 6.63. The Labute approximate surface area is 142 Å². The molecule has 0 bridgehead atoms. The van der Waals surface area contributed by atoms with Gasteiger partial charge >= 0.3 is 0 Å². The predicted molar refractivity (Wildman–Crippen MR) is 94.1 cm³/mol. The van der Waals surface area contributed by atoms with Gasteiger partial charge in [-0.15, -0.1) is 0 Å². The Morgan fingerprint density at radius 2 is 2.08 bits per heavy atom. The molecule has 0 radical (unpaired) electrons. The first-order chi connectivity index (χ1) is 11.6. The van der Waals surface area contributed by atoms with E-state index >= 15 is 0 Å². The number of anilines is 1. The van der Waals surface area contributed by atoms with Gasteiger partial charge in [0.05, 0.1) is 24.9 Å². The SMILES string of the molecule is CC(C)C[C@@H]1COCCN1c1nc(-c2ccncc2)cc(=O)n1C. The van der Waals surface area contributed by atoms with E-state index < -0.39 is 0 Å². The summed E-state index contributed by atoms with van der Waals surface area (Å²) in [7, 11) is 1.78. The second-order valence-electron chi connectivity index (χ2n) is 6.63. The minimum absolute atomic E-state index is 0.0541. The third kappa shape index (κ3) is 3.48. The van der Waals surface area contributed by atoms with Gasteiger partial charge in [0.15, 0.2) is 0 Å². The van der Waals surface area contributed by atoms with Crippen molar-refractivity contribution in [3.63, 3.8) is 0 Å². The van der Waals surface area contributed by atoms with Crippen LogP contribution in [0.1, 0.15) is 20.3 Å². The summed E-state index contributed by atoms with van der Waals surface area (Å²) in [6.45, 7) is 6.48. The van der Waals surface area contributed by atoms with Gasteiger partial charge in [-0.25, -0.2) is 4.98 Å². The Morgan fingerprint density at radius 3 is 2.79 bits per heavy atom. The Kier molecular flexibility index (Phi) is 4.94.